The Kier molecular flexibility index (Phi) is 5.18. The summed E-state index contributed by atoms with van der Waals surface area (Å²) < 4.78 is 1.10. The molecule has 2 aromatic carbocycles. The fourth-order valence-electron chi connectivity index (χ4n) is 2.74. The number of carbonyl (C=O) groups excluding carboxylic acids is 1. The molecular formula is C18H20BrN3O. The fraction of sp³-hybridized carbons (Fsp3) is 0.278. The molecule has 0 aromatic heterocycles. The van der Waals surface area contributed by atoms with E-state index in [9.17, 15) is 4.79 Å². The molecule has 2 amide bonds. The van der Waals surface area contributed by atoms with Crippen LogP contribution in [0.25, 0.3) is 0 Å². The van der Waals surface area contributed by atoms with Crippen LogP contribution >= 0.6 is 15.9 Å². The monoisotopic (exact) mass is 373 g/mol. The van der Waals surface area contributed by atoms with Crippen molar-refractivity contribution in [1.82, 2.24) is 10.2 Å². The van der Waals surface area contributed by atoms with E-state index in [0.29, 0.717) is 6.54 Å². The summed E-state index contributed by atoms with van der Waals surface area (Å²) in [4.78, 5) is 16.5. The van der Waals surface area contributed by atoms with Crippen molar-refractivity contribution in [3.8, 4) is 0 Å². The van der Waals surface area contributed by atoms with Crippen molar-refractivity contribution in [3.05, 3.63) is 64.6 Å². The van der Waals surface area contributed by atoms with Crippen LogP contribution in [0.15, 0.2) is 59.1 Å². The number of rotatable bonds is 3. The van der Waals surface area contributed by atoms with E-state index in [-0.39, 0.29) is 6.03 Å². The van der Waals surface area contributed by atoms with Gasteiger partial charge >= 0.3 is 6.03 Å². The molecule has 0 spiro atoms. The number of nitrogens with one attached hydrogen (secondary N) is 1. The average molecular weight is 374 g/mol. The summed E-state index contributed by atoms with van der Waals surface area (Å²) in [6.45, 7) is 3.75. The number of benzene rings is 2. The molecule has 23 heavy (non-hydrogen) atoms. The summed E-state index contributed by atoms with van der Waals surface area (Å²) in [5.41, 5.74) is 2.31. The van der Waals surface area contributed by atoms with Crippen LogP contribution in [-0.2, 0) is 6.54 Å². The molecule has 120 valence electrons. The van der Waals surface area contributed by atoms with Crippen molar-refractivity contribution in [2.45, 2.75) is 6.54 Å². The second kappa shape index (κ2) is 7.51. The minimum Gasteiger partial charge on any atom is -0.367 e. The highest BCUT2D eigenvalue weighted by Gasteiger charge is 2.21. The van der Waals surface area contributed by atoms with Crippen molar-refractivity contribution in [1.29, 1.82) is 0 Å². The smallest absolute Gasteiger partial charge is 0.317 e. The van der Waals surface area contributed by atoms with Gasteiger partial charge in [-0.2, -0.15) is 0 Å². The molecule has 0 radical (unpaired) electrons. The molecule has 3 rings (SSSR count). The van der Waals surface area contributed by atoms with Crippen LogP contribution in [0.5, 0.6) is 0 Å². The number of anilines is 1. The molecule has 1 saturated heterocycles. The second-order valence-corrected chi connectivity index (χ2v) is 6.42. The number of hydrogen-bond donors (Lipinski definition) is 1. The molecule has 0 saturated carbocycles. The van der Waals surface area contributed by atoms with Gasteiger partial charge in [-0.25, -0.2) is 4.79 Å². The Morgan fingerprint density at radius 2 is 1.61 bits per heavy atom. The lowest BCUT2D eigenvalue weighted by Gasteiger charge is -2.36. The van der Waals surface area contributed by atoms with Gasteiger partial charge in [0.2, 0.25) is 0 Å². The van der Waals surface area contributed by atoms with Crippen LogP contribution in [0, 0.1) is 0 Å². The first kappa shape index (κ1) is 15.9. The van der Waals surface area contributed by atoms with Crippen molar-refractivity contribution < 1.29 is 4.79 Å². The number of carbonyl (C=O) groups is 1. The normalized spacial score (nSPS) is 14.7. The van der Waals surface area contributed by atoms with Gasteiger partial charge in [0.05, 0.1) is 5.69 Å². The predicted octanol–water partition coefficient (Wildman–Crippen LogP) is 3.48. The Hall–Kier alpha value is -2.01. The molecule has 1 heterocycles. The number of halogens is 1. The maximum atomic E-state index is 12.3. The Morgan fingerprint density at radius 3 is 2.30 bits per heavy atom. The van der Waals surface area contributed by atoms with Crippen LogP contribution in [0.1, 0.15) is 5.56 Å². The first-order chi connectivity index (χ1) is 11.2. The number of nitrogens with zero attached hydrogens (tertiary/aromatic N) is 2. The Bertz CT molecular complexity index is 654. The van der Waals surface area contributed by atoms with Crippen LogP contribution in [0.2, 0.25) is 0 Å². The summed E-state index contributed by atoms with van der Waals surface area (Å²) in [7, 11) is 0. The Balaban J connectivity index is 1.50. The third kappa shape index (κ3) is 4.05. The predicted molar refractivity (Wildman–Crippen MR) is 96.6 cm³/mol. The summed E-state index contributed by atoms with van der Waals surface area (Å²) in [5, 5.41) is 2.99. The van der Waals surface area contributed by atoms with Crippen LogP contribution in [0.4, 0.5) is 10.5 Å². The van der Waals surface area contributed by atoms with Gasteiger partial charge in [-0.05, 0) is 33.6 Å². The minimum atomic E-state index is 0.0145. The third-order valence-electron chi connectivity index (χ3n) is 4.05. The van der Waals surface area contributed by atoms with E-state index in [1.807, 2.05) is 53.4 Å². The molecule has 0 atom stereocenters. The van der Waals surface area contributed by atoms with Gasteiger partial charge in [0.15, 0.2) is 0 Å². The summed E-state index contributed by atoms with van der Waals surface area (Å²) in [6.07, 6.45) is 0. The second-order valence-electron chi connectivity index (χ2n) is 5.57. The topological polar surface area (TPSA) is 35.6 Å². The van der Waals surface area contributed by atoms with Gasteiger partial charge < -0.3 is 15.1 Å². The van der Waals surface area contributed by atoms with Crippen molar-refractivity contribution in [2.75, 3.05) is 31.1 Å². The molecule has 0 aliphatic carbocycles. The zero-order valence-electron chi connectivity index (χ0n) is 12.9. The molecular weight excluding hydrogens is 354 g/mol. The number of hydrogen-bond acceptors (Lipinski definition) is 2. The quantitative estimate of drug-likeness (QED) is 0.893. The van der Waals surface area contributed by atoms with Crippen LogP contribution in [0.3, 0.4) is 0 Å². The standard InChI is InChI=1S/C18H20BrN3O/c19-16-8-4-5-9-17(16)21-10-12-22(13-11-21)18(23)20-14-15-6-2-1-3-7-15/h1-9H,10-14H2,(H,20,23). The van der Waals surface area contributed by atoms with Gasteiger partial charge in [-0.1, -0.05) is 42.5 Å². The van der Waals surface area contributed by atoms with E-state index in [0.717, 1.165) is 36.2 Å². The van der Waals surface area contributed by atoms with Gasteiger partial charge in [0.25, 0.3) is 0 Å². The lowest BCUT2D eigenvalue weighted by atomic mass is 10.2. The molecule has 1 N–H and O–H groups in total. The van der Waals surface area contributed by atoms with E-state index >= 15 is 0 Å². The van der Waals surface area contributed by atoms with Crippen molar-refractivity contribution in [3.63, 3.8) is 0 Å². The van der Waals surface area contributed by atoms with Gasteiger partial charge in [-0.15, -0.1) is 0 Å². The van der Waals surface area contributed by atoms with E-state index in [1.54, 1.807) is 0 Å². The van der Waals surface area contributed by atoms with Crippen LogP contribution in [-0.4, -0.2) is 37.1 Å². The zero-order valence-corrected chi connectivity index (χ0v) is 14.5. The highest BCUT2D eigenvalue weighted by atomic mass is 79.9. The molecule has 4 nitrogen and oxygen atoms in total. The number of para-hydroxylation sites is 1. The van der Waals surface area contributed by atoms with Gasteiger partial charge in [0, 0.05) is 37.2 Å². The molecule has 1 aliphatic heterocycles. The average Bonchev–Trinajstić information content (AvgIpc) is 2.61. The summed E-state index contributed by atoms with van der Waals surface area (Å²) in [5.74, 6) is 0. The highest BCUT2D eigenvalue weighted by molar-refractivity contribution is 9.10. The van der Waals surface area contributed by atoms with E-state index < -0.39 is 0 Å². The fourth-order valence-corrected chi connectivity index (χ4v) is 3.28. The highest BCUT2D eigenvalue weighted by Crippen LogP contribution is 2.26. The SMILES string of the molecule is O=C(NCc1ccccc1)N1CCN(c2ccccc2Br)CC1. The van der Waals surface area contributed by atoms with Gasteiger partial charge in [0.1, 0.15) is 0 Å². The van der Waals surface area contributed by atoms with Crippen LogP contribution < -0.4 is 10.2 Å². The molecule has 0 unspecified atom stereocenters. The van der Waals surface area contributed by atoms with E-state index in [4.69, 9.17) is 0 Å². The molecule has 2 aromatic rings. The Morgan fingerprint density at radius 1 is 0.957 bits per heavy atom. The number of urea groups is 1. The zero-order chi connectivity index (χ0) is 16.1. The lowest BCUT2D eigenvalue weighted by Crippen LogP contribution is -2.51. The molecule has 0 bridgehead atoms. The van der Waals surface area contributed by atoms with E-state index in [2.05, 4.69) is 32.2 Å². The number of amides is 2. The Labute approximate surface area is 145 Å². The third-order valence-corrected chi connectivity index (χ3v) is 4.72. The maximum absolute atomic E-state index is 12.3. The molecule has 1 aliphatic rings. The van der Waals surface area contributed by atoms with Crippen molar-refractivity contribution >= 4 is 27.6 Å². The molecule has 5 heteroatoms. The minimum absolute atomic E-state index is 0.0145. The van der Waals surface area contributed by atoms with E-state index in [1.165, 1.54) is 5.69 Å². The summed E-state index contributed by atoms with van der Waals surface area (Å²) in [6, 6.07) is 18.2. The van der Waals surface area contributed by atoms with Gasteiger partial charge in [-0.3, -0.25) is 0 Å². The first-order valence-corrected chi connectivity index (χ1v) is 8.59. The lowest BCUT2D eigenvalue weighted by molar-refractivity contribution is 0.194. The maximum Gasteiger partial charge on any atom is 0.317 e. The first-order valence-electron chi connectivity index (χ1n) is 7.80. The number of piperazine rings is 1. The summed E-state index contributed by atoms with van der Waals surface area (Å²) >= 11 is 3.59. The largest absolute Gasteiger partial charge is 0.367 e. The molecule has 1 fully saturated rings. The van der Waals surface area contributed by atoms with Crippen molar-refractivity contribution in [2.24, 2.45) is 0 Å².